The monoisotopic (exact) mass is 199 g/mol. The minimum Gasteiger partial charge on any atom is -0.385 e. The smallest absolute Gasteiger partial charge is 0.385 e. The van der Waals surface area contributed by atoms with Gasteiger partial charge in [0.05, 0.1) is 6.20 Å². The molecule has 1 rings (SSSR count). The van der Waals surface area contributed by atoms with Gasteiger partial charge in [0.2, 0.25) is 0 Å². The van der Waals surface area contributed by atoms with Gasteiger partial charge < -0.3 is 4.74 Å². The molecule has 0 atom stereocenters. The van der Waals surface area contributed by atoms with Crippen LogP contribution < -0.4 is 4.74 Å². The second kappa shape index (κ2) is 3.15. The Balaban J connectivity index is 2.90. The van der Waals surface area contributed by atoms with E-state index >= 15 is 0 Å². The molecule has 1 aromatic heterocycles. The van der Waals surface area contributed by atoms with E-state index in [1.165, 1.54) is 0 Å². The Morgan fingerprint density at radius 3 is 2.31 bits per heavy atom. The molecule has 0 aromatic carbocycles. The Morgan fingerprint density at radius 2 is 1.85 bits per heavy atom. The summed E-state index contributed by atoms with van der Waals surface area (Å²) in [7, 11) is 0. The molecule has 0 fully saturated rings. The molecule has 0 spiro atoms. The number of pyridine rings is 1. The molecule has 0 N–H and O–H groups in total. The Labute approximate surface area is 69.0 Å². The van der Waals surface area contributed by atoms with E-state index in [0.717, 1.165) is 0 Å². The van der Waals surface area contributed by atoms with Gasteiger partial charge in [0.1, 0.15) is 5.82 Å². The van der Waals surface area contributed by atoms with Gasteiger partial charge in [-0.05, 0) is 0 Å². The van der Waals surface area contributed by atoms with Crippen LogP contribution in [0, 0.1) is 11.6 Å². The molecule has 1 aromatic rings. The van der Waals surface area contributed by atoms with Crippen molar-refractivity contribution in [2.45, 2.75) is 6.36 Å². The molecule has 0 radical (unpaired) electrons. The zero-order valence-electron chi connectivity index (χ0n) is 5.90. The first-order valence-electron chi connectivity index (χ1n) is 2.95. The van der Waals surface area contributed by atoms with Crippen LogP contribution in [0.1, 0.15) is 0 Å². The first kappa shape index (κ1) is 9.69. The van der Waals surface area contributed by atoms with E-state index in [4.69, 9.17) is 0 Å². The predicted octanol–water partition coefficient (Wildman–Crippen LogP) is 2.26. The Bertz CT molecular complexity index is 310. The van der Waals surface area contributed by atoms with Crippen LogP contribution in [0.4, 0.5) is 22.0 Å². The van der Waals surface area contributed by atoms with Crippen LogP contribution in [0.15, 0.2) is 12.3 Å². The number of hydrogen-bond acceptors (Lipinski definition) is 2. The summed E-state index contributed by atoms with van der Waals surface area (Å²) in [5.74, 6) is -3.88. The first-order valence-corrected chi connectivity index (χ1v) is 2.95. The maximum absolute atomic E-state index is 12.5. The standard InChI is InChI=1S/C6H2F5NO/c7-3-1-4(8)5(12-2-3)13-6(9,10)11/h1-2H. The largest absolute Gasteiger partial charge is 0.574 e. The SMILES string of the molecule is Fc1cnc(OC(F)(F)F)c(F)c1. The van der Waals surface area contributed by atoms with Crippen LogP contribution in [-0.2, 0) is 0 Å². The van der Waals surface area contributed by atoms with Crippen LogP contribution in [0.2, 0.25) is 0 Å². The Morgan fingerprint density at radius 1 is 1.23 bits per heavy atom. The molecule has 13 heavy (non-hydrogen) atoms. The van der Waals surface area contributed by atoms with E-state index in [0.29, 0.717) is 6.20 Å². The van der Waals surface area contributed by atoms with Crippen molar-refractivity contribution in [3.8, 4) is 5.88 Å². The maximum atomic E-state index is 12.5. The molecule has 7 heteroatoms. The van der Waals surface area contributed by atoms with Gasteiger partial charge in [-0.15, -0.1) is 13.2 Å². The average Bonchev–Trinajstić information content (AvgIpc) is 1.93. The van der Waals surface area contributed by atoms with Crippen LogP contribution in [0.25, 0.3) is 0 Å². The van der Waals surface area contributed by atoms with Gasteiger partial charge in [-0.1, -0.05) is 0 Å². The lowest BCUT2D eigenvalue weighted by Crippen LogP contribution is -2.18. The van der Waals surface area contributed by atoms with E-state index < -0.39 is 23.9 Å². The number of halogens is 5. The fraction of sp³-hybridized carbons (Fsp3) is 0.167. The zero-order valence-corrected chi connectivity index (χ0v) is 5.90. The molecule has 2 nitrogen and oxygen atoms in total. The number of hydrogen-bond donors (Lipinski definition) is 0. The third kappa shape index (κ3) is 2.85. The lowest BCUT2D eigenvalue weighted by atomic mass is 10.4. The second-order valence-corrected chi connectivity index (χ2v) is 1.99. The number of rotatable bonds is 1. The molecule has 0 unspecified atom stereocenters. The average molecular weight is 199 g/mol. The normalized spacial score (nSPS) is 11.5. The molecule has 0 aliphatic carbocycles. The lowest BCUT2D eigenvalue weighted by Gasteiger charge is -2.07. The highest BCUT2D eigenvalue weighted by Gasteiger charge is 2.33. The number of nitrogens with zero attached hydrogens (tertiary/aromatic N) is 1. The van der Waals surface area contributed by atoms with Gasteiger partial charge in [-0.25, -0.2) is 13.8 Å². The molecule has 1 heterocycles. The third-order valence-electron chi connectivity index (χ3n) is 0.986. The van der Waals surface area contributed by atoms with Crippen molar-refractivity contribution in [1.82, 2.24) is 4.98 Å². The van der Waals surface area contributed by atoms with Crippen LogP contribution in [0.3, 0.4) is 0 Å². The van der Waals surface area contributed by atoms with Gasteiger partial charge in [0.15, 0.2) is 5.82 Å². The Hall–Kier alpha value is -1.40. The number of alkyl halides is 3. The fourth-order valence-corrected chi connectivity index (χ4v) is 0.587. The summed E-state index contributed by atoms with van der Waals surface area (Å²) in [6.45, 7) is 0. The molecule has 0 saturated heterocycles. The highest BCUT2D eigenvalue weighted by atomic mass is 19.4. The number of aromatic nitrogens is 1. The highest BCUT2D eigenvalue weighted by Crippen LogP contribution is 2.23. The highest BCUT2D eigenvalue weighted by molar-refractivity contribution is 5.14. The van der Waals surface area contributed by atoms with Crippen molar-refractivity contribution in [2.24, 2.45) is 0 Å². The van der Waals surface area contributed by atoms with E-state index in [1.54, 1.807) is 0 Å². The maximum Gasteiger partial charge on any atom is 0.574 e. The minimum absolute atomic E-state index is 0.244. The molecule has 0 amide bonds. The van der Waals surface area contributed by atoms with E-state index in [9.17, 15) is 22.0 Å². The number of ether oxygens (including phenoxy) is 1. The van der Waals surface area contributed by atoms with Gasteiger partial charge in [0, 0.05) is 6.07 Å². The quantitative estimate of drug-likeness (QED) is 0.647. The van der Waals surface area contributed by atoms with Crippen molar-refractivity contribution >= 4 is 0 Å². The summed E-state index contributed by atoms with van der Waals surface area (Å²) in [6.07, 6.45) is -4.62. The molecular formula is C6H2F5NO. The fourth-order valence-electron chi connectivity index (χ4n) is 0.587. The third-order valence-corrected chi connectivity index (χ3v) is 0.986. The van der Waals surface area contributed by atoms with Gasteiger partial charge in [0.25, 0.3) is 5.88 Å². The second-order valence-electron chi connectivity index (χ2n) is 1.99. The van der Waals surface area contributed by atoms with Crippen LogP contribution in [-0.4, -0.2) is 11.3 Å². The summed E-state index contributed by atoms with van der Waals surface area (Å²) >= 11 is 0. The van der Waals surface area contributed by atoms with E-state index in [2.05, 4.69) is 9.72 Å². The predicted molar refractivity (Wildman–Crippen MR) is 30.8 cm³/mol. The Kier molecular flexibility index (Phi) is 2.35. The summed E-state index contributed by atoms with van der Waals surface area (Å²) in [5, 5.41) is 0. The lowest BCUT2D eigenvalue weighted by molar-refractivity contribution is -0.277. The van der Waals surface area contributed by atoms with Crippen molar-refractivity contribution in [1.29, 1.82) is 0 Å². The first-order chi connectivity index (χ1) is 5.88. The van der Waals surface area contributed by atoms with Crippen molar-refractivity contribution < 1.29 is 26.7 Å². The summed E-state index contributed by atoms with van der Waals surface area (Å²) in [6, 6.07) is 0.244. The van der Waals surface area contributed by atoms with E-state index in [-0.39, 0.29) is 6.07 Å². The van der Waals surface area contributed by atoms with Crippen molar-refractivity contribution in [3.05, 3.63) is 23.9 Å². The van der Waals surface area contributed by atoms with Crippen LogP contribution in [0.5, 0.6) is 5.88 Å². The molecule has 72 valence electrons. The van der Waals surface area contributed by atoms with Gasteiger partial charge in [-0.2, -0.15) is 0 Å². The van der Waals surface area contributed by atoms with Crippen molar-refractivity contribution in [3.63, 3.8) is 0 Å². The van der Waals surface area contributed by atoms with Crippen LogP contribution >= 0.6 is 0 Å². The molecule has 0 saturated carbocycles. The summed E-state index contributed by atoms with van der Waals surface area (Å²) in [5.41, 5.74) is 0. The zero-order chi connectivity index (χ0) is 10.1. The summed E-state index contributed by atoms with van der Waals surface area (Å²) in [4.78, 5) is 2.77. The van der Waals surface area contributed by atoms with Gasteiger partial charge in [-0.3, -0.25) is 0 Å². The molecule has 0 aliphatic heterocycles. The van der Waals surface area contributed by atoms with E-state index in [1.807, 2.05) is 0 Å². The molecular weight excluding hydrogens is 197 g/mol. The van der Waals surface area contributed by atoms with Crippen molar-refractivity contribution in [2.75, 3.05) is 0 Å². The molecule has 0 aliphatic rings. The summed E-state index contributed by atoms with van der Waals surface area (Å²) < 4.78 is 62.2. The topological polar surface area (TPSA) is 22.1 Å². The molecule has 0 bridgehead atoms. The van der Waals surface area contributed by atoms with Gasteiger partial charge >= 0.3 is 6.36 Å². The minimum atomic E-state index is -5.04.